The van der Waals surface area contributed by atoms with Gasteiger partial charge in [0.05, 0.1) is 25.1 Å². The van der Waals surface area contributed by atoms with E-state index < -0.39 is 22.7 Å². The minimum absolute atomic E-state index is 0.0760. The molecule has 0 spiro atoms. The number of carbonyl (C=O) groups excluding carboxylic acids is 2. The zero-order chi connectivity index (χ0) is 16.9. The van der Waals surface area contributed by atoms with Crippen molar-refractivity contribution >= 4 is 17.6 Å². The average molecular weight is 310 g/mol. The third-order valence-corrected chi connectivity index (χ3v) is 3.12. The molecule has 0 aliphatic heterocycles. The number of rotatable bonds is 6. The Morgan fingerprint density at radius 1 is 1.36 bits per heavy atom. The molecule has 8 heteroatoms. The van der Waals surface area contributed by atoms with Crippen LogP contribution in [0.15, 0.2) is 18.2 Å². The summed E-state index contributed by atoms with van der Waals surface area (Å²) >= 11 is 0. The number of amides is 1. The van der Waals surface area contributed by atoms with Crippen LogP contribution in [-0.2, 0) is 9.53 Å². The molecular formula is C14H18N2O6. The Morgan fingerprint density at radius 2 is 2.00 bits per heavy atom. The van der Waals surface area contributed by atoms with Gasteiger partial charge in [0.25, 0.3) is 5.91 Å². The second-order valence-corrected chi connectivity index (χ2v) is 4.75. The van der Waals surface area contributed by atoms with Crippen LogP contribution in [0.4, 0.5) is 5.69 Å². The van der Waals surface area contributed by atoms with Gasteiger partial charge in [0, 0.05) is 25.2 Å². The maximum Gasteiger partial charge on any atom is 0.311 e. The quantitative estimate of drug-likeness (QED) is 0.448. The van der Waals surface area contributed by atoms with E-state index >= 15 is 0 Å². The molecule has 0 bridgehead atoms. The summed E-state index contributed by atoms with van der Waals surface area (Å²) in [7, 11) is 4.10. The van der Waals surface area contributed by atoms with Crippen molar-refractivity contribution in [2.75, 3.05) is 27.8 Å². The van der Waals surface area contributed by atoms with Crippen LogP contribution in [0.2, 0.25) is 0 Å². The molecule has 0 saturated heterocycles. The Kier molecular flexibility index (Phi) is 5.85. The molecule has 0 saturated carbocycles. The van der Waals surface area contributed by atoms with E-state index in [1.807, 2.05) is 0 Å². The molecule has 0 heterocycles. The van der Waals surface area contributed by atoms with Crippen molar-refractivity contribution in [3.05, 3.63) is 33.9 Å². The van der Waals surface area contributed by atoms with Gasteiger partial charge in [-0.2, -0.15) is 0 Å². The SMILES string of the molecule is COC(=O)C(C)CN(C)C(=O)c1ccc(OC)c([N+](=O)[O-])c1. The van der Waals surface area contributed by atoms with E-state index in [1.165, 1.54) is 38.3 Å². The second kappa shape index (κ2) is 7.39. The number of hydrogen-bond donors (Lipinski definition) is 0. The molecule has 120 valence electrons. The van der Waals surface area contributed by atoms with Crippen molar-refractivity contribution in [2.24, 2.45) is 5.92 Å². The smallest absolute Gasteiger partial charge is 0.311 e. The van der Waals surface area contributed by atoms with E-state index in [2.05, 4.69) is 4.74 Å². The molecule has 22 heavy (non-hydrogen) atoms. The predicted molar refractivity (Wildman–Crippen MR) is 77.8 cm³/mol. The average Bonchev–Trinajstić information content (AvgIpc) is 2.52. The van der Waals surface area contributed by atoms with Crippen molar-refractivity contribution in [3.63, 3.8) is 0 Å². The topological polar surface area (TPSA) is 99.0 Å². The molecule has 1 aromatic carbocycles. The summed E-state index contributed by atoms with van der Waals surface area (Å²) in [5, 5.41) is 11.0. The van der Waals surface area contributed by atoms with Crippen molar-refractivity contribution < 1.29 is 24.0 Å². The Morgan fingerprint density at radius 3 is 2.50 bits per heavy atom. The number of methoxy groups -OCH3 is 2. The highest BCUT2D eigenvalue weighted by Crippen LogP contribution is 2.27. The van der Waals surface area contributed by atoms with Crippen LogP contribution in [-0.4, -0.2) is 49.5 Å². The number of benzene rings is 1. The van der Waals surface area contributed by atoms with E-state index in [0.29, 0.717) is 0 Å². The van der Waals surface area contributed by atoms with Crippen molar-refractivity contribution in [3.8, 4) is 5.75 Å². The fraction of sp³-hybridized carbons (Fsp3) is 0.429. The molecule has 8 nitrogen and oxygen atoms in total. The normalized spacial score (nSPS) is 11.5. The van der Waals surface area contributed by atoms with Gasteiger partial charge in [-0.15, -0.1) is 0 Å². The highest BCUT2D eigenvalue weighted by Gasteiger charge is 2.23. The molecule has 1 amide bonds. The fourth-order valence-electron chi connectivity index (χ4n) is 1.96. The first-order chi connectivity index (χ1) is 10.3. The molecule has 0 N–H and O–H groups in total. The van der Waals surface area contributed by atoms with Crippen molar-refractivity contribution in [2.45, 2.75) is 6.92 Å². The number of nitro groups is 1. The van der Waals surface area contributed by atoms with Gasteiger partial charge in [-0.05, 0) is 12.1 Å². The molecule has 0 aliphatic carbocycles. The molecule has 0 fully saturated rings. The van der Waals surface area contributed by atoms with Gasteiger partial charge in [-0.25, -0.2) is 0 Å². The standard InChI is InChI=1S/C14H18N2O6/c1-9(14(18)22-4)8-15(2)13(17)10-5-6-12(21-3)11(7-10)16(19)20/h5-7,9H,8H2,1-4H3. The van der Waals surface area contributed by atoms with Gasteiger partial charge in [-0.1, -0.05) is 6.92 Å². The third-order valence-electron chi connectivity index (χ3n) is 3.12. The van der Waals surface area contributed by atoms with Gasteiger partial charge in [0.2, 0.25) is 0 Å². The summed E-state index contributed by atoms with van der Waals surface area (Å²) in [5.41, 5.74) is -0.144. The Bertz CT molecular complexity index is 587. The highest BCUT2D eigenvalue weighted by atomic mass is 16.6. The van der Waals surface area contributed by atoms with Crippen LogP contribution in [0.3, 0.4) is 0 Å². The maximum atomic E-state index is 12.3. The number of ether oxygens (including phenoxy) is 2. The van der Waals surface area contributed by atoms with Crippen LogP contribution in [0.1, 0.15) is 17.3 Å². The number of carbonyl (C=O) groups is 2. The monoisotopic (exact) mass is 310 g/mol. The minimum Gasteiger partial charge on any atom is -0.490 e. The maximum absolute atomic E-state index is 12.3. The van der Waals surface area contributed by atoms with Gasteiger partial charge in [-0.3, -0.25) is 19.7 Å². The fourth-order valence-corrected chi connectivity index (χ4v) is 1.96. The number of nitro benzene ring substituents is 1. The van der Waals surface area contributed by atoms with Gasteiger partial charge < -0.3 is 14.4 Å². The summed E-state index contributed by atoms with van der Waals surface area (Å²) in [6.07, 6.45) is 0. The van der Waals surface area contributed by atoms with E-state index in [4.69, 9.17) is 4.74 Å². The first kappa shape index (κ1) is 17.4. The summed E-state index contributed by atoms with van der Waals surface area (Å²) in [6, 6.07) is 3.96. The van der Waals surface area contributed by atoms with Crippen LogP contribution < -0.4 is 4.74 Å². The molecule has 1 atom stereocenters. The second-order valence-electron chi connectivity index (χ2n) is 4.75. The van der Waals surface area contributed by atoms with Crippen LogP contribution in [0, 0.1) is 16.0 Å². The van der Waals surface area contributed by atoms with Crippen LogP contribution in [0.5, 0.6) is 5.75 Å². The lowest BCUT2D eigenvalue weighted by Crippen LogP contribution is -2.34. The summed E-state index contributed by atoms with van der Waals surface area (Å²) < 4.78 is 9.48. The Labute approximate surface area is 127 Å². The first-order valence-electron chi connectivity index (χ1n) is 6.47. The number of esters is 1. The van der Waals surface area contributed by atoms with Gasteiger partial charge in [0.15, 0.2) is 5.75 Å². The highest BCUT2D eigenvalue weighted by molar-refractivity contribution is 5.95. The first-order valence-corrected chi connectivity index (χ1v) is 6.47. The zero-order valence-corrected chi connectivity index (χ0v) is 12.9. The van der Waals surface area contributed by atoms with Gasteiger partial charge >= 0.3 is 11.7 Å². The van der Waals surface area contributed by atoms with E-state index in [9.17, 15) is 19.7 Å². The Hall–Kier alpha value is -2.64. The van der Waals surface area contributed by atoms with Crippen molar-refractivity contribution in [1.29, 1.82) is 0 Å². The summed E-state index contributed by atoms with van der Waals surface area (Å²) in [6.45, 7) is 1.78. The lowest BCUT2D eigenvalue weighted by molar-refractivity contribution is -0.385. The van der Waals surface area contributed by atoms with Gasteiger partial charge in [0.1, 0.15) is 0 Å². The molecule has 1 aromatic rings. The minimum atomic E-state index is -0.618. The van der Waals surface area contributed by atoms with E-state index in [1.54, 1.807) is 6.92 Å². The molecule has 1 rings (SSSR count). The largest absolute Gasteiger partial charge is 0.490 e. The van der Waals surface area contributed by atoms with Crippen LogP contribution in [0.25, 0.3) is 0 Å². The van der Waals surface area contributed by atoms with E-state index in [-0.39, 0.29) is 23.5 Å². The number of hydrogen-bond acceptors (Lipinski definition) is 6. The Balaban J connectivity index is 2.95. The summed E-state index contributed by atoms with van der Waals surface area (Å²) in [4.78, 5) is 35.3. The van der Waals surface area contributed by atoms with Crippen molar-refractivity contribution in [1.82, 2.24) is 4.90 Å². The molecular weight excluding hydrogens is 292 g/mol. The molecule has 0 aliphatic rings. The molecule has 0 radical (unpaired) electrons. The third kappa shape index (κ3) is 3.94. The zero-order valence-electron chi connectivity index (χ0n) is 12.9. The lowest BCUT2D eigenvalue weighted by Gasteiger charge is -2.20. The summed E-state index contributed by atoms with van der Waals surface area (Å²) in [5.74, 6) is -1.28. The van der Waals surface area contributed by atoms with Crippen LogP contribution >= 0.6 is 0 Å². The van der Waals surface area contributed by atoms with E-state index in [0.717, 1.165) is 6.07 Å². The number of nitrogens with zero attached hydrogens (tertiary/aromatic N) is 2. The molecule has 1 unspecified atom stereocenters. The lowest BCUT2D eigenvalue weighted by atomic mass is 10.1. The predicted octanol–water partition coefficient (Wildman–Crippen LogP) is 1.48. The molecule has 0 aromatic heterocycles.